The third-order valence-electron chi connectivity index (χ3n) is 5.71. The maximum absolute atomic E-state index is 14.3. The van der Waals surface area contributed by atoms with E-state index in [2.05, 4.69) is 10.3 Å². The number of pyridine rings is 1. The van der Waals surface area contributed by atoms with Crippen LogP contribution in [-0.4, -0.2) is 10.9 Å². The molecule has 0 aliphatic carbocycles. The van der Waals surface area contributed by atoms with Crippen LogP contribution in [0.2, 0.25) is 10.2 Å². The van der Waals surface area contributed by atoms with Crippen molar-refractivity contribution in [3.63, 3.8) is 0 Å². The number of H-pyrrole nitrogens is 1. The minimum absolute atomic E-state index is 0.0534. The van der Waals surface area contributed by atoms with Crippen LogP contribution in [0.5, 0.6) is 0 Å². The van der Waals surface area contributed by atoms with Gasteiger partial charge in [0.05, 0.1) is 0 Å². The van der Waals surface area contributed by atoms with E-state index >= 15 is 0 Å². The van der Waals surface area contributed by atoms with Gasteiger partial charge in [0.25, 0.3) is 0 Å². The Morgan fingerprint density at radius 1 is 0.892 bits per heavy atom. The number of nitrogens with one attached hydrogen (secondary N) is 2. The Labute approximate surface area is 234 Å². The molecule has 1 aromatic heterocycles. The first kappa shape index (κ1) is 29.5. The number of aromatic nitrogens is 1. The van der Waals surface area contributed by atoms with Gasteiger partial charge < -0.3 is 0 Å². The Bertz CT molecular complexity index is 1470. The minimum atomic E-state index is -2.37. The monoisotopic (exact) mass is 725 g/mol. The molecule has 0 atom stereocenters. The van der Waals surface area contributed by atoms with Crippen LogP contribution in [-0.2, 0) is 35.3 Å². The van der Waals surface area contributed by atoms with Crippen molar-refractivity contribution in [3.8, 4) is 11.1 Å². The van der Waals surface area contributed by atoms with Crippen molar-refractivity contribution in [2.24, 2.45) is 0 Å². The summed E-state index contributed by atoms with van der Waals surface area (Å²) in [5, 5.41) is 2.32. The van der Waals surface area contributed by atoms with E-state index in [1.807, 2.05) is 0 Å². The van der Waals surface area contributed by atoms with Crippen molar-refractivity contribution in [1.82, 2.24) is 10.3 Å². The average molecular weight is 725 g/mol. The molecule has 3 aromatic rings. The standard InChI is InChI=1S/C25H20Cl2F5N2O2.Hf/c1-24(2,3)14-12(15(26)21(27)33-23(14)36)10-8-6-7-9-11(10)25(4,5)34-22(35)13-16(28)18(30)20(32)19(31)17(13)29;/h6-7,9H,1-5H3,(H,33,36)(H,34,35);. The summed E-state index contributed by atoms with van der Waals surface area (Å²) in [4.78, 5) is 28.4. The summed E-state index contributed by atoms with van der Waals surface area (Å²) in [5.74, 6) is -12.9. The number of rotatable bonds is 4. The van der Waals surface area contributed by atoms with Gasteiger partial charge in [-0.25, -0.2) is 0 Å². The van der Waals surface area contributed by atoms with Gasteiger partial charge in [-0.15, -0.1) is 0 Å². The van der Waals surface area contributed by atoms with Crippen LogP contribution >= 0.6 is 23.2 Å². The SMILES string of the molecule is CC(C)(C)c1c(-c2[c]([Hf])cccc2C(C)(C)NC(=O)c2c(F)c(F)c(F)c(F)c2F)c(Cl)c(Cl)[nH]c1=O. The molecule has 0 saturated heterocycles. The summed E-state index contributed by atoms with van der Waals surface area (Å²) in [6.45, 7) is 8.37. The second-order valence-electron chi connectivity index (χ2n) is 9.83. The van der Waals surface area contributed by atoms with Gasteiger partial charge >= 0.3 is 235 Å². The van der Waals surface area contributed by atoms with Crippen LogP contribution in [0, 0.1) is 29.1 Å². The quantitative estimate of drug-likeness (QED) is 0.111. The normalized spacial score (nSPS) is 12.1. The zero-order valence-electron chi connectivity index (χ0n) is 20.2. The van der Waals surface area contributed by atoms with E-state index in [4.69, 9.17) is 23.2 Å². The van der Waals surface area contributed by atoms with E-state index in [0.717, 1.165) is 3.32 Å². The van der Waals surface area contributed by atoms with E-state index in [-0.39, 0.29) is 10.2 Å². The number of carbonyl (C=O) groups excluding carboxylic acids is 1. The first-order valence-electron chi connectivity index (χ1n) is 10.7. The van der Waals surface area contributed by atoms with Crippen molar-refractivity contribution in [3.05, 3.63) is 84.5 Å². The maximum atomic E-state index is 14.3. The average Bonchev–Trinajstić information content (AvgIpc) is 2.77. The summed E-state index contributed by atoms with van der Waals surface area (Å²) in [6.07, 6.45) is 0. The van der Waals surface area contributed by atoms with E-state index in [1.54, 1.807) is 39.0 Å². The Morgan fingerprint density at radius 3 is 1.92 bits per heavy atom. The van der Waals surface area contributed by atoms with Crippen molar-refractivity contribution in [2.45, 2.75) is 45.6 Å². The topological polar surface area (TPSA) is 62.0 Å². The molecule has 0 bridgehead atoms. The Kier molecular flexibility index (Phi) is 8.19. The predicted molar refractivity (Wildman–Crippen MR) is 128 cm³/mol. The number of carbonyl (C=O) groups is 1. The molecular weight excluding hydrogens is 705 g/mol. The van der Waals surface area contributed by atoms with Gasteiger partial charge in [0.15, 0.2) is 0 Å². The number of hydrogen-bond acceptors (Lipinski definition) is 2. The molecule has 0 aliphatic rings. The van der Waals surface area contributed by atoms with Gasteiger partial charge in [0.2, 0.25) is 0 Å². The fourth-order valence-electron chi connectivity index (χ4n) is 4.06. The molecule has 0 unspecified atom stereocenters. The number of amides is 1. The fourth-order valence-corrected chi connectivity index (χ4v) is 5.76. The van der Waals surface area contributed by atoms with Crippen LogP contribution in [0.3, 0.4) is 0 Å². The molecule has 195 valence electrons. The molecule has 0 fully saturated rings. The molecular formula is C25H20Cl2F5HfN2O2. The molecule has 2 aromatic carbocycles. The molecule has 2 N–H and O–H groups in total. The third-order valence-corrected chi connectivity index (χ3v) is 7.97. The Hall–Kier alpha value is -2.04. The molecule has 37 heavy (non-hydrogen) atoms. The molecule has 12 heteroatoms. The summed E-state index contributed by atoms with van der Waals surface area (Å²) in [5.41, 5.74) is -2.75. The molecule has 1 heterocycles. The summed E-state index contributed by atoms with van der Waals surface area (Å²) < 4.78 is 70.3. The molecule has 1 amide bonds. The van der Waals surface area contributed by atoms with Gasteiger partial charge in [-0.1, -0.05) is 0 Å². The van der Waals surface area contributed by atoms with Crippen LogP contribution < -0.4 is 14.2 Å². The Balaban J connectivity index is 2.28. The van der Waals surface area contributed by atoms with Crippen molar-refractivity contribution >= 4 is 32.4 Å². The van der Waals surface area contributed by atoms with Gasteiger partial charge in [-0.05, 0) is 0 Å². The van der Waals surface area contributed by atoms with Crippen molar-refractivity contribution < 1.29 is 51.1 Å². The number of aromatic amines is 1. The summed E-state index contributed by atoms with van der Waals surface area (Å²) in [7, 11) is 0. The van der Waals surface area contributed by atoms with Gasteiger partial charge in [-0.2, -0.15) is 0 Å². The van der Waals surface area contributed by atoms with Crippen LogP contribution in [0.1, 0.15) is 56.1 Å². The van der Waals surface area contributed by atoms with Crippen molar-refractivity contribution in [1.29, 1.82) is 0 Å². The third kappa shape index (κ3) is 5.29. The van der Waals surface area contributed by atoms with E-state index < -0.39 is 57.1 Å². The molecule has 0 radical (unpaired) electrons. The summed E-state index contributed by atoms with van der Waals surface area (Å²) in [6, 6.07) is 5.06. The Morgan fingerprint density at radius 2 is 1.41 bits per heavy atom. The van der Waals surface area contributed by atoms with Crippen LogP contribution in [0.25, 0.3) is 11.1 Å². The number of hydrogen-bond donors (Lipinski definition) is 2. The van der Waals surface area contributed by atoms with Crippen LogP contribution in [0.4, 0.5) is 22.0 Å². The molecule has 3 rings (SSSR count). The molecule has 0 aliphatic heterocycles. The van der Waals surface area contributed by atoms with E-state index in [1.165, 1.54) is 13.8 Å². The zero-order chi connectivity index (χ0) is 28.2. The molecule has 0 saturated carbocycles. The van der Waals surface area contributed by atoms with E-state index in [9.17, 15) is 31.5 Å². The first-order valence-corrected chi connectivity index (χ1v) is 13.3. The first-order chi connectivity index (χ1) is 16.9. The van der Waals surface area contributed by atoms with Gasteiger partial charge in [0.1, 0.15) is 0 Å². The van der Waals surface area contributed by atoms with E-state index in [0.29, 0.717) is 46.6 Å². The molecule has 4 nitrogen and oxygen atoms in total. The van der Waals surface area contributed by atoms with Crippen LogP contribution in [0.15, 0.2) is 23.0 Å². The second kappa shape index (κ2) is 10.3. The molecule has 0 spiro atoms. The number of benzene rings is 2. The van der Waals surface area contributed by atoms with Gasteiger partial charge in [0, 0.05) is 0 Å². The van der Waals surface area contributed by atoms with Crippen molar-refractivity contribution in [2.75, 3.05) is 0 Å². The predicted octanol–water partition coefficient (Wildman–Crippen LogP) is 6.18. The number of halogens is 7. The summed E-state index contributed by atoms with van der Waals surface area (Å²) >= 11 is 13.3. The second-order valence-corrected chi connectivity index (χ2v) is 12.5. The van der Waals surface area contributed by atoms with Gasteiger partial charge in [-0.3, -0.25) is 0 Å². The fraction of sp³-hybridized carbons (Fsp3) is 0.280. The zero-order valence-corrected chi connectivity index (χ0v) is 25.3.